The molecule has 6 heteroatoms. The van der Waals surface area contributed by atoms with E-state index in [1.807, 2.05) is 14.2 Å². The molecule has 0 aromatic carbocycles. The van der Waals surface area contributed by atoms with E-state index in [2.05, 4.69) is 11.8 Å². The topological polar surface area (TPSA) is 71.4 Å². The third-order valence-corrected chi connectivity index (χ3v) is 11.2. The van der Waals surface area contributed by atoms with Gasteiger partial charge in [-0.1, -0.05) is 6.92 Å². The van der Waals surface area contributed by atoms with E-state index in [4.69, 9.17) is 14.2 Å². The van der Waals surface area contributed by atoms with Gasteiger partial charge in [0.2, 0.25) is 0 Å². The zero-order valence-corrected chi connectivity index (χ0v) is 18.9. The first-order chi connectivity index (χ1) is 14.4. The fraction of sp³-hybridized carbons (Fsp3) is 1.00. The maximum atomic E-state index is 12.4. The summed E-state index contributed by atoms with van der Waals surface area (Å²) >= 11 is 0. The third kappa shape index (κ3) is 2.00. The molecule has 5 aliphatic carbocycles. The number of aliphatic hydroxyl groups excluding tert-OH is 1. The summed E-state index contributed by atoms with van der Waals surface area (Å²) in [6, 6.07) is 0.329. The second kappa shape index (κ2) is 6.42. The molecule has 170 valence electrons. The number of methoxy groups -OCH3 is 3. The molecule has 6 rings (SSSR count). The number of fused-ring (bicyclic) bond motifs is 2. The molecular weight excluding hydrogens is 382 g/mol. The van der Waals surface area contributed by atoms with E-state index in [1.54, 1.807) is 7.11 Å². The van der Waals surface area contributed by atoms with Crippen molar-refractivity contribution in [2.75, 3.05) is 41.0 Å². The first-order valence-electron chi connectivity index (χ1n) is 12.1. The minimum atomic E-state index is -0.847. The summed E-state index contributed by atoms with van der Waals surface area (Å²) in [5.74, 6) is 1.03. The molecule has 30 heavy (non-hydrogen) atoms. The number of rotatable bonds is 5. The molecule has 0 aromatic heterocycles. The Kier molecular flexibility index (Phi) is 4.36. The summed E-state index contributed by atoms with van der Waals surface area (Å²) in [6.07, 6.45) is 4.52. The molecule has 1 saturated heterocycles. The van der Waals surface area contributed by atoms with Crippen LogP contribution < -0.4 is 0 Å². The van der Waals surface area contributed by atoms with Gasteiger partial charge in [-0.15, -0.1) is 0 Å². The second-order valence-corrected chi connectivity index (χ2v) is 11.5. The Bertz CT molecular complexity index is 720. The predicted octanol–water partition coefficient (Wildman–Crippen LogP) is 1.53. The molecule has 2 N–H and O–H groups in total. The fourth-order valence-corrected chi connectivity index (χ4v) is 10.7. The van der Waals surface area contributed by atoms with Crippen molar-refractivity contribution in [1.82, 2.24) is 4.90 Å². The van der Waals surface area contributed by atoms with Crippen LogP contribution >= 0.6 is 0 Å². The smallest absolute Gasteiger partial charge is 0.0771 e. The highest BCUT2D eigenvalue weighted by Crippen LogP contribution is 2.79. The van der Waals surface area contributed by atoms with Crippen LogP contribution in [0, 0.1) is 40.4 Å². The van der Waals surface area contributed by atoms with Crippen molar-refractivity contribution in [2.24, 2.45) is 40.4 Å². The number of hydrogen-bond acceptors (Lipinski definition) is 6. The summed E-state index contributed by atoms with van der Waals surface area (Å²) in [5, 5.41) is 23.8. The third-order valence-electron chi connectivity index (χ3n) is 11.2. The highest BCUT2D eigenvalue weighted by atomic mass is 16.5. The number of likely N-dealkylation sites (tertiary alicyclic amines) is 1. The predicted molar refractivity (Wildman–Crippen MR) is 111 cm³/mol. The Labute approximate surface area is 180 Å². The van der Waals surface area contributed by atoms with Crippen LogP contribution in [0.3, 0.4) is 0 Å². The second-order valence-electron chi connectivity index (χ2n) is 11.5. The molecule has 12 atom stereocenters. The summed E-state index contributed by atoms with van der Waals surface area (Å²) in [4.78, 5) is 2.67. The minimum Gasteiger partial charge on any atom is -0.392 e. The van der Waals surface area contributed by atoms with Gasteiger partial charge in [0.15, 0.2) is 0 Å². The lowest BCUT2D eigenvalue weighted by molar-refractivity contribution is -0.276. The summed E-state index contributed by atoms with van der Waals surface area (Å²) in [6.45, 7) is 5.11. The van der Waals surface area contributed by atoms with Crippen LogP contribution in [0.1, 0.15) is 39.0 Å². The van der Waals surface area contributed by atoms with Gasteiger partial charge in [-0.2, -0.15) is 0 Å². The summed E-state index contributed by atoms with van der Waals surface area (Å²) in [7, 11) is 5.48. The summed E-state index contributed by atoms with van der Waals surface area (Å²) in [5.41, 5.74) is -0.719. The van der Waals surface area contributed by atoms with Gasteiger partial charge in [0.1, 0.15) is 0 Å². The average Bonchev–Trinajstić information content (AvgIpc) is 3.15. The van der Waals surface area contributed by atoms with Crippen LogP contribution in [0.4, 0.5) is 0 Å². The van der Waals surface area contributed by atoms with Gasteiger partial charge >= 0.3 is 0 Å². The van der Waals surface area contributed by atoms with Crippen LogP contribution in [0.15, 0.2) is 0 Å². The molecule has 0 aromatic rings. The first-order valence-corrected chi connectivity index (χ1v) is 12.1. The van der Waals surface area contributed by atoms with Crippen molar-refractivity contribution < 1.29 is 24.4 Å². The largest absolute Gasteiger partial charge is 0.392 e. The van der Waals surface area contributed by atoms with Crippen molar-refractivity contribution in [3.8, 4) is 0 Å². The van der Waals surface area contributed by atoms with E-state index in [9.17, 15) is 10.2 Å². The van der Waals surface area contributed by atoms with Gasteiger partial charge in [-0.05, 0) is 44.1 Å². The van der Waals surface area contributed by atoms with Gasteiger partial charge in [0.25, 0.3) is 0 Å². The zero-order chi connectivity index (χ0) is 21.1. The number of nitrogens with zero attached hydrogens (tertiary/aromatic N) is 1. The van der Waals surface area contributed by atoms with Gasteiger partial charge in [-0.3, -0.25) is 4.90 Å². The molecule has 0 amide bonds. The normalized spacial score (nSPS) is 60.8. The Balaban J connectivity index is 1.58. The van der Waals surface area contributed by atoms with Gasteiger partial charge < -0.3 is 24.4 Å². The molecule has 6 aliphatic rings. The molecule has 1 heterocycles. The quantitative estimate of drug-likeness (QED) is 0.702. The SMILES string of the molecule is CCN1C[C@]2(COC)CC[C@H](OC)C34C1C(C[C@@H]32)[C@@]1(O)C[C@H](OC)[C@@H]2C[C@@H]4[C@@H]1[C@H]2O. The number of ether oxygens (including phenoxy) is 3. The Morgan fingerprint density at radius 2 is 1.90 bits per heavy atom. The maximum absolute atomic E-state index is 12.4. The van der Waals surface area contributed by atoms with E-state index in [1.165, 1.54) is 0 Å². The summed E-state index contributed by atoms with van der Waals surface area (Å²) < 4.78 is 18.0. The van der Waals surface area contributed by atoms with Crippen LogP contribution in [0.25, 0.3) is 0 Å². The van der Waals surface area contributed by atoms with Crippen LogP contribution in [-0.2, 0) is 14.2 Å². The average molecular weight is 422 g/mol. The van der Waals surface area contributed by atoms with Crippen molar-refractivity contribution >= 4 is 0 Å². The van der Waals surface area contributed by atoms with Crippen molar-refractivity contribution in [2.45, 2.75) is 69.0 Å². The Hall–Kier alpha value is -0.240. The number of piperidine rings is 1. The number of hydrogen-bond donors (Lipinski definition) is 2. The zero-order valence-electron chi connectivity index (χ0n) is 18.9. The van der Waals surface area contributed by atoms with Gasteiger partial charge in [0, 0.05) is 68.9 Å². The molecule has 6 nitrogen and oxygen atoms in total. The van der Waals surface area contributed by atoms with Gasteiger partial charge in [-0.25, -0.2) is 0 Å². The molecule has 1 aliphatic heterocycles. The Morgan fingerprint density at radius 1 is 1.10 bits per heavy atom. The maximum Gasteiger partial charge on any atom is 0.0771 e. The molecule has 0 radical (unpaired) electrons. The molecule has 6 fully saturated rings. The van der Waals surface area contributed by atoms with Gasteiger partial charge in [0.05, 0.1) is 30.5 Å². The monoisotopic (exact) mass is 421 g/mol. The molecule has 3 unspecified atom stereocenters. The molecule has 5 saturated carbocycles. The minimum absolute atomic E-state index is 0.000283. The molecule has 7 bridgehead atoms. The van der Waals surface area contributed by atoms with E-state index < -0.39 is 11.7 Å². The number of aliphatic hydroxyl groups is 2. The lowest BCUT2D eigenvalue weighted by Crippen LogP contribution is -2.76. The van der Waals surface area contributed by atoms with Crippen LogP contribution in [0.2, 0.25) is 0 Å². The van der Waals surface area contributed by atoms with E-state index >= 15 is 0 Å². The van der Waals surface area contributed by atoms with E-state index in [-0.39, 0.29) is 46.7 Å². The first kappa shape index (κ1) is 20.4. The van der Waals surface area contributed by atoms with E-state index in [0.29, 0.717) is 18.4 Å². The van der Waals surface area contributed by atoms with Crippen LogP contribution in [0.5, 0.6) is 0 Å². The Morgan fingerprint density at radius 3 is 2.57 bits per heavy atom. The highest BCUT2D eigenvalue weighted by Gasteiger charge is 2.83. The van der Waals surface area contributed by atoms with Crippen molar-refractivity contribution in [3.05, 3.63) is 0 Å². The van der Waals surface area contributed by atoms with E-state index in [0.717, 1.165) is 45.4 Å². The molecule has 1 spiro atoms. The van der Waals surface area contributed by atoms with Crippen LogP contribution in [-0.4, -0.2) is 86.1 Å². The lowest BCUT2D eigenvalue weighted by Gasteiger charge is -2.69. The lowest BCUT2D eigenvalue weighted by atomic mass is 9.43. The standard InChI is InChI=1S/C24H39NO5/c1-5-25-11-22(12-28-2)7-6-18(30-4)24-14-8-13-16(29-3)10-23(27,19(14)20(13)26)15(21(24)25)9-17(22)24/h13-21,26-27H,5-12H2,1-4H3/t13-,14+,15?,16-,17+,18-,19+,20-,21?,22-,23-,24?/m0/s1. The van der Waals surface area contributed by atoms with Crippen molar-refractivity contribution in [1.29, 1.82) is 0 Å². The fourth-order valence-electron chi connectivity index (χ4n) is 10.7. The van der Waals surface area contributed by atoms with Crippen molar-refractivity contribution in [3.63, 3.8) is 0 Å². The molecular formula is C24H39NO5. The highest BCUT2D eigenvalue weighted by molar-refractivity contribution is 5.33.